The Balaban J connectivity index is 1.11. The maximum Gasteiger partial charge on any atom is 0.211 e. The Bertz CT molecular complexity index is 3390. The molecule has 3 aromatic heterocycles. The number of amidine groups is 1. The van der Waals surface area contributed by atoms with Crippen molar-refractivity contribution in [3.63, 3.8) is 0 Å². The number of rotatable bonds is 4. The summed E-state index contributed by atoms with van der Waals surface area (Å²) in [5, 5.41) is 10.4. The maximum absolute atomic E-state index is 7.17. The van der Waals surface area contributed by atoms with Crippen LogP contribution in [0.4, 0.5) is 0 Å². The van der Waals surface area contributed by atoms with E-state index in [1.807, 2.05) is 6.07 Å². The largest absolute Gasteiger partial charge is 0.453 e. The first-order valence-electron chi connectivity index (χ1n) is 19.3. The Kier molecular flexibility index (Phi) is 6.89. The van der Waals surface area contributed by atoms with E-state index >= 15 is 0 Å². The second kappa shape index (κ2) is 12.4. The van der Waals surface area contributed by atoms with Crippen LogP contribution in [0.3, 0.4) is 0 Å². The van der Waals surface area contributed by atoms with E-state index in [0.29, 0.717) is 11.8 Å². The van der Waals surface area contributed by atoms with Gasteiger partial charge >= 0.3 is 0 Å². The van der Waals surface area contributed by atoms with Crippen molar-refractivity contribution in [2.45, 2.75) is 6.17 Å². The van der Waals surface area contributed by atoms with Crippen LogP contribution in [0, 0.1) is 0 Å². The number of aromatic nitrogens is 2. The van der Waals surface area contributed by atoms with Crippen molar-refractivity contribution in [1.29, 1.82) is 0 Å². The Labute approximate surface area is 327 Å². The van der Waals surface area contributed by atoms with Gasteiger partial charge in [0.25, 0.3) is 0 Å². The lowest BCUT2D eigenvalue weighted by molar-refractivity contribution is 0.657. The monoisotopic (exact) mass is 731 g/mol. The Hall–Kier alpha value is -7.70. The fourth-order valence-electron chi connectivity index (χ4n) is 8.83. The van der Waals surface area contributed by atoms with Gasteiger partial charge in [0.05, 0.1) is 27.6 Å². The number of nitrogens with one attached hydrogen (secondary N) is 1. The summed E-state index contributed by atoms with van der Waals surface area (Å²) in [6.45, 7) is 0. The second-order valence-electron chi connectivity index (χ2n) is 14.6. The van der Waals surface area contributed by atoms with Gasteiger partial charge in [-0.2, -0.15) is 4.99 Å². The number of aliphatic imine (C=N–C) groups is 2. The van der Waals surface area contributed by atoms with Crippen molar-refractivity contribution in [2.24, 2.45) is 9.98 Å². The van der Waals surface area contributed by atoms with E-state index in [2.05, 4.69) is 196 Å². The molecule has 1 atom stereocenters. The molecule has 1 unspecified atom stereocenters. The number of hydrogen-bond acceptors (Lipinski definition) is 4. The lowest BCUT2D eigenvalue weighted by atomic mass is 10.0. The molecule has 0 bridgehead atoms. The van der Waals surface area contributed by atoms with E-state index in [0.717, 1.165) is 71.8 Å². The van der Waals surface area contributed by atoms with Crippen LogP contribution < -0.4 is 5.32 Å². The Morgan fingerprint density at radius 3 is 1.75 bits per heavy atom. The van der Waals surface area contributed by atoms with E-state index < -0.39 is 0 Å². The van der Waals surface area contributed by atoms with E-state index in [-0.39, 0.29) is 6.17 Å². The molecule has 268 valence electrons. The van der Waals surface area contributed by atoms with Gasteiger partial charge in [-0.3, -0.25) is 4.57 Å². The molecule has 1 N–H and O–H groups in total. The zero-order valence-corrected chi connectivity index (χ0v) is 30.7. The number of benzene rings is 8. The summed E-state index contributed by atoms with van der Waals surface area (Å²) in [6.07, 6.45) is -0.376. The minimum atomic E-state index is -0.376. The Morgan fingerprint density at radius 2 is 1.02 bits per heavy atom. The molecule has 6 nitrogen and oxygen atoms in total. The number of hydrogen-bond donors (Lipinski definition) is 1. The molecule has 57 heavy (non-hydrogen) atoms. The standard InChI is InChI=1S/C51H33N5O/c1-3-15-32(16-4-1)34-19-13-20-35(31-34)55-43-26-10-9-23-38(43)39-29-30-41-40-24-14-25-42(47(40)57-48(41)46(39)55)50-52-49(33-17-5-2-6-18-33)53-51(54-50)56-44-27-11-7-21-36(44)37-22-8-12-28-45(37)56/h1-31,49H,(H,52,53,54). The molecule has 0 aliphatic carbocycles. The number of nitrogens with zero attached hydrogens (tertiary/aromatic N) is 4. The van der Waals surface area contributed by atoms with Crippen molar-refractivity contribution < 1.29 is 4.42 Å². The quantitative estimate of drug-likeness (QED) is 0.196. The summed E-state index contributed by atoms with van der Waals surface area (Å²) >= 11 is 0. The van der Waals surface area contributed by atoms with Crippen LogP contribution in [0.25, 0.3) is 82.4 Å². The topological polar surface area (TPSA) is 59.8 Å². The molecule has 0 fully saturated rings. The van der Waals surface area contributed by atoms with Crippen molar-refractivity contribution in [3.8, 4) is 16.8 Å². The van der Waals surface area contributed by atoms with Crippen LogP contribution in [0.1, 0.15) is 17.3 Å². The van der Waals surface area contributed by atoms with E-state index in [1.165, 1.54) is 21.7 Å². The predicted octanol–water partition coefficient (Wildman–Crippen LogP) is 12.4. The van der Waals surface area contributed by atoms with Gasteiger partial charge in [-0.05, 0) is 59.2 Å². The summed E-state index contributed by atoms with van der Waals surface area (Å²) < 4.78 is 11.7. The maximum atomic E-state index is 7.17. The summed E-state index contributed by atoms with van der Waals surface area (Å²) in [5.74, 6) is 1.32. The van der Waals surface area contributed by atoms with Crippen LogP contribution in [-0.2, 0) is 0 Å². The molecule has 6 heteroatoms. The van der Waals surface area contributed by atoms with Crippen molar-refractivity contribution >= 4 is 77.3 Å². The minimum Gasteiger partial charge on any atom is -0.453 e. The van der Waals surface area contributed by atoms with Crippen LogP contribution in [0.2, 0.25) is 0 Å². The van der Waals surface area contributed by atoms with E-state index in [1.54, 1.807) is 0 Å². The number of para-hydroxylation sites is 4. The molecule has 0 saturated heterocycles. The summed E-state index contributed by atoms with van der Waals surface area (Å²) in [6, 6.07) is 66.1. The third-order valence-electron chi connectivity index (χ3n) is 11.4. The highest BCUT2D eigenvalue weighted by Crippen LogP contribution is 2.42. The SMILES string of the molecule is c1ccc(-c2cccc(-n3c4ccccc4c4ccc5c6cccc(C7=NC(c8ccccc8)NC(n8c9ccccc9c9ccccc98)=N7)c6oc5c43)c2)cc1. The second-order valence-corrected chi connectivity index (χ2v) is 14.6. The van der Waals surface area contributed by atoms with Gasteiger partial charge in [0.1, 0.15) is 11.7 Å². The summed E-state index contributed by atoms with van der Waals surface area (Å²) in [7, 11) is 0. The molecular formula is C51H33N5O. The molecule has 1 aliphatic rings. The number of fused-ring (bicyclic) bond motifs is 10. The fraction of sp³-hybridized carbons (Fsp3) is 0.0196. The van der Waals surface area contributed by atoms with Crippen molar-refractivity contribution in [1.82, 2.24) is 14.5 Å². The highest BCUT2D eigenvalue weighted by molar-refractivity contribution is 6.25. The predicted molar refractivity (Wildman–Crippen MR) is 235 cm³/mol. The fourth-order valence-corrected chi connectivity index (χ4v) is 8.83. The highest BCUT2D eigenvalue weighted by Gasteiger charge is 2.27. The lowest BCUT2D eigenvalue weighted by Gasteiger charge is -2.24. The van der Waals surface area contributed by atoms with Gasteiger partial charge in [0.2, 0.25) is 5.96 Å². The Morgan fingerprint density at radius 1 is 0.456 bits per heavy atom. The smallest absolute Gasteiger partial charge is 0.211 e. The summed E-state index contributed by atoms with van der Waals surface area (Å²) in [5.41, 5.74) is 11.2. The first kappa shape index (κ1) is 31.6. The van der Waals surface area contributed by atoms with Crippen LogP contribution >= 0.6 is 0 Å². The average molecular weight is 732 g/mol. The third kappa shape index (κ3) is 4.84. The van der Waals surface area contributed by atoms with Crippen LogP contribution in [-0.4, -0.2) is 20.9 Å². The molecule has 0 amide bonds. The van der Waals surface area contributed by atoms with Gasteiger partial charge in [0.15, 0.2) is 11.4 Å². The average Bonchev–Trinajstić information content (AvgIpc) is 3.95. The molecular weight excluding hydrogens is 699 g/mol. The zero-order valence-electron chi connectivity index (χ0n) is 30.7. The number of furan rings is 1. The molecule has 0 spiro atoms. The highest BCUT2D eigenvalue weighted by atomic mass is 16.3. The molecule has 8 aromatic carbocycles. The molecule has 0 radical (unpaired) electrons. The molecule has 1 aliphatic heterocycles. The molecule has 0 saturated carbocycles. The van der Waals surface area contributed by atoms with Gasteiger partial charge < -0.3 is 14.3 Å². The van der Waals surface area contributed by atoms with E-state index in [9.17, 15) is 0 Å². The first-order chi connectivity index (χ1) is 28.3. The van der Waals surface area contributed by atoms with Crippen LogP contribution in [0.5, 0.6) is 0 Å². The van der Waals surface area contributed by atoms with Crippen molar-refractivity contribution in [2.75, 3.05) is 0 Å². The normalized spacial score (nSPS) is 14.5. The van der Waals surface area contributed by atoms with Gasteiger partial charge in [-0.1, -0.05) is 146 Å². The van der Waals surface area contributed by atoms with Crippen LogP contribution in [0.15, 0.2) is 202 Å². The van der Waals surface area contributed by atoms with Gasteiger partial charge in [0, 0.05) is 38.0 Å². The van der Waals surface area contributed by atoms with Crippen molar-refractivity contribution in [3.05, 3.63) is 199 Å². The summed E-state index contributed by atoms with van der Waals surface area (Å²) in [4.78, 5) is 10.6. The first-order valence-corrected chi connectivity index (χ1v) is 19.3. The van der Waals surface area contributed by atoms with Gasteiger partial charge in [-0.15, -0.1) is 0 Å². The lowest BCUT2D eigenvalue weighted by Crippen LogP contribution is -2.37. The zero-order chi connectivity index (χ0) is 37.5. The molecule has 12 rings (SSSR count). The minimum absolute atomic E-state index is 0.376. The van der Waals surface area contributed by atoms with E-state index in [4.69, 9.17) is 14.4 Å². The van der Waals surface area contributed by atoms with Gasteiger partial charge in [-0.25, -0.2) is 4.99 Å². The third-order valence-corrected chi connectivity index (χ3v) is 11.4. The molecule has 11 aromatic rings. The molecule has 4 heterocycles.